The minimum atomic E-state index is -0.795. The number of methoxy groups -OCH3 is 1. The molecule has 0 spiro atoms. The molecule has 7 rings (SSSR count). The van der Waals surface area contributed by atoms with Crippen molar-refractivity contribution in [1.82, 2.24) is 14.8 Å². The van der Waals surface area contributed by atoms with E-state index >= 15 is 0 Å². The summed E-state index contributed by atoms with van der Waals surface area (Å²) < 4.78 is 11.2. The van der Waals surface area contributed by atoms with Crippen LogP contribution in [0.2, 0.25) is 0 Å². The number of nitrogens with one attached hydrogen (secondary N) is 1. The molecule has 0 unspecified atom stereocenters. The molecule has 4 aromatic rings. The largest absolute Gasteiger partial charge is 0.467 e. The maximum absolute atomic E-state index is 14.5. The van der Waals surface area contributed by atoms with E-state index in [-0.39, 0.29) is 30.4 Å². The average Bonchev–Trinajstić information content (AvgIpc) is 3.76. The van der Waals surface area contributed by atoms with Crippen molar-refractivity contribution in [3.8, 4) is 11.1 Å². The third-order valence-electron chi connectivity index (χ3n) is 9.64. The highest BCUT2D eigenvalue weighted by Crippen LogP contribution is 2.45. The third-order valence-corrected chi connectivity index (χ3v) is 9.64. The number of ether oxygens (including phenoxy) is 2. The molecule has 1 aliphatic carbocycles. The number of amides is 2. The fourth-order valence-electron chi connectivity index (χ4n) is 7.69. The van der Waals surface area contributed by atoms with Crippen molar-refractivity contribution in [2.24, 2.45) is 5.92 Å². The fraction of sp³-hybridized carbons (Fsp3) is 0.361. The molecule has 1 aromatic heterocycles. The van der Waals surface area contributed by atoms with E-state index < -0.39 is 24.1 Å². The molecule has 0 radical (unpaired) electrons. The Balaban J connectivity index is 1.16. The van der Waals surface area contributed by atoms with Gasteiger partial charge in [-0.25, -0.2) is 9.59 Å². The first kappa shape index (κ1) is 28.2. The first-order valence-corrected chi connectivity index (χ1v) is 15.5. The molecule has 0 bridgehead atoms. The van der Waals surface area contributed by atoms with Gasteiger partial charge in [0.25, 0.3) is 0 Å². The van der Waals surface area contributed by atoms with Crippen molar-refractivity contribution in [3.63, 3.8) is 0 Å². The summed E-state index contributed by atoms with van der Waals surface area (Å²) in [6, 6.07) is 22.6. The van der Waals surface area contributed by atoms with Crippen molar-refractivity contribution in [1.29, 1.82) is 0 Å². The number of hydrogen-bond donors (Lipinski definition) is 1. The van der Waals surface area contributed by atoms with Gasteiger partial charge in [0.1, 0.15) is 18.7 Å². The van der Waals surface area contributed by atoms with Gasteiger partial charge in [0, 0.05) is 35.5 Å². The van der Waals surface area contributed by atoms with Crippen LogP contribution >= 0.6 is 0 Å². The Bertz CT molecular complexity index is 1710. The summed E-state index contributed by atoms with van der Waals surface area (Å²) in [7, 11) is 1.36. The van der Waals surface area contributed by atoms with Gasteiger partial charge in [0.15, 0.2) is 0 Å². The molecule has 8 heteroatoms. The lowest BCUT2D eigenvalue weighted by molar-refractivity contribution is -0.159. The van der Waals surface area contributed by atoms with E-state index in [1.807, 2.05) is 48.5 Å². The zero-order valence-electron chi connectivity index (χ0n) is 25.3. The van der Waals surface area contributed by atoms with Gasteiger partial charge < -0.3 is 19.4 Å². The number of aromatic amines is 1. The van der Waals surface area contributed by atoms with E-state index in [1.165, 1.54) is 7.11 Å². The number of nitrogens with zero attached hydrogens (tertiary/aromatic N) is 2. The summed E-state index contributed by atoms with van der Waals surface area (Å²) in [5.41, 5.74) is 7.56. The third kappa shape index (κ3) is 4.46. The zero-order chi connectivity index (χ0) is 30.5. The van der Waals surface area contributed by atoms with Crippen LogP contribution in [0, 0.1) is 5.92 Å². The van der Waals surface area contributed by atoms with Crippen LogP contribution in [0.4, 0.5) is 4.79 Å². The van der Waals surface area contributed by atoms with Crippen molar-refractivity contribution in [3.05, 3.63) is 95.2 Å². The van der Waals surface area contributed by atoms with E-state index in [4.69, 9.17) is 9.47 Å². The molecular formula is C36H37N3O5. The summed E-state index contributed by atoms with van der Waals surface area (Å²) in [6.45, 7) is 4.72. The van der Waals surface area contributed by atoms with Gasteiger partial charge in [-0.15, -0.1) is 0 Å². The SMILES string of the molecule is COC(=O)[C@@H]1Cc2c([nH]c3ccccc23)[C@H](C(C)C)N1C(=O)[C@@H]1CCCN1C(=O)OCC1c2ccccc2-c2ccccc21. The molecule has 226 valence electrons. The molecule has 2 aliphatic heterocycles. The number of H-pyrrole nitrogens is 1. The molecule has 3 aliphatic rings. The minimum Gasteiger partial charge on any atom is -0.467 e. The molecule has 2 amide bonds. The quantitative estimate of drug-likeness (QED) is 0.279. The molecule has 0 saturated carbocycles. The second-order valence-corrected chi connectivity index (χ2v) is 12.4. The van der Waals surface area contributed by atoms with Crippen molar-refractivity contribution >= 4 is 28.9 Å². The topological polar surface area (TPSA) is 91.9 Å². The Morgan fingerprint density at radius 1 is 0.909 bits per heavy atom. The number of benzene rings is 3. The Kier molecular flexibility index (Phi) is 7.15. The molecule has 3 aromatic carbocycles. The van der Waals surface area contributed by atoms with Crippen molar-refractivity contribution < 1.29 is 23.9 Å². The van der Waals surface area contributed by atoms with E-state index in [9.17, 15) is 14.4 Å². The van der Waals surface area contributed by atoms with Crippen LogP contribution in [-0.4, -0.2) is 65.1 Å². The fourth-order valence-corrected chi connectivity index (χ4v) is 7.69. The van der Waals surface area contributed by atoms with E-state index in [0.29, 0.717) is 25.8 Å². The van der Waals surface area contributed by atoms with Gasteiger partial charge in [-0.2, -0.15) is 0 Å². The van der Waals surface area contributed by atoms with Gasteiger partial charge >= 0.3 is 12.1 Å². The van der Waals surface area contributed by atoms with E-state index in [0.717, 1.165) is 44.4 Å². The summed E-state index contributed by atoms with van der Waals surface area (Å²) in [4.78, 5) is 48.3. The number of para-hydroxylation sites is 1. The first-order valence-electron chi connectivity index (χ1n) is 15.5. The summed E-state index contributed by atoms with van der Waals surface area (Å²) in [5.74, 6) is -0.762. The number of carbonyl (C=O) groups is 3. The van der Waals surface area contributed by atoms with Crippen LogP contribution in [0.25, 0.3) is 22.0 Å². The molecule has 1 fully saturated rings. The van der Waals surface area contributed by atoms with Crippen LogP contribution in [0.3, 0.4) is 0 Å². The number of likely N-dealkylation sites (tertiary alicyclic amines) is 1. The van der Waals surface area contributed by atoms with Gasteiger partial charge in [-0.1, -0.05) is 80.6 Å². The molecule has 8 nitrogen and oxygen atoms in total. The molecule has 3 heterocycles. The highest BCUT2D eigenvalue weighted by molar-refractivity contribution is 5.93. The van der Waals surface area contributed by atoms with E-state index in [2.05, 4.69) is 43.1 Å². The number of hydrogen-bond acceptors (Lipinski definition) is 5. The van der Waals surface area contributed by atoms with Crippen LogP contribution in [0.1, 0.15) is 61.0 Å². The maximum atomic E-state index is 14.5. The Hall–Kier alpha value is -4.59. The number of fused-ring (bicyclic) bond motifs is 6. The second kappa shape index (κ2) is 11.2. The molecule has 1 saturated heterocycles. The van der Waals surface area contributed by atoms with Crippen LogP contribution in [0.15, 0.2) is 72.8 Å². The summed E-state index contributed by atoms with van der Waals surface area (Å²) >= 11 is 0. The number of esters is 1. The zero-order valence-corrected chi connectivity index (χ0v) is 25.3. The van der Waals surface area contributed by atoms with Gasteiger partial charge in [-0.05, 0) is 52.6 Å². The predicted molar refractivity (Wildman–Crippen MR) is 167 cm³/mol. The molecule has 3 atom stereocenters. The standard InChI is InChI=1S/C36H37N3O5/c1-21(2)33-32-27(26-15-8-9-16-29(26)37-32)19-31(35(41)43-3)39(33)34(40)30-17-10-18-38(30)36(42)44-20-28-24-13-6-4-11-22(24)23-12-5-7-14-25(23)28/h4-9,11-16,21,28,30-31,33,37H,10,17-20H2,1-3H3/t30-,31-,33-/m0/s1. The van der Waals surface area contributed by atoms with Crippen molar-refractivity contribution in [2.45, 2.75) is 57.2 Å². The summed E-state index contributed by atoms with van der Waals surface area (Å²) in [5, 5.41) is 1.05. The number of rotatable bonds is 5. The number of carbonyl (C=O) groups excluding carboxylic acids is 3. The lowest BCUT2D eigenvalue weighted by Gasteiger charge is -2.44. The van der Waals surface area contributed by atoms with Crippen molar-refractivity contribution in [2.75, 3.05) is 20.3 Å². The summed E-state index contributed by atoms with van der Waals surface area (Å²) in [6.07, 6.45) is 1.04. The Morgan fingerprint density at radius 3 is 2.25 bits per heavy atom. The van der Waals surface area contributed by atoms with Crippen LogP contribution < -0.4 is 0 Å². The Labute approximate surface area is 256 Å². The highest BCUT2D eigenvalue weighted by atomic mass is 16.6. The monoisotopic (exact) mass is 591 g/mol. The van der Waals surface area contributed by atoms with Gasteiger partial charge in [-0.3, -0.25) is 9.69 Å². The lowest BCUT2D eigenvalue weighted by atomic mass is 9.85. The first-order chi connectivity index (χ1) is 21.4. The average molecular weight is 592 g/mol. The highest BCUT2D eigenvalue weighted by Gasteiger charge is 2.48. The predicted octanol–water partition coefficient (Wildman–Crippen LogP) is 6.20. The second-order valence-electron chi connectivity index (χ2n) is 12.4. The van der Waals surface area contributed by atoms with Crippen LogP contribution in [-0.2, 0) is 25.5 Å². The normalized spacial score (nSPS) is 20.9. The van der Waals surface area contributed by atoms with Crippen LogP contribution in [0.5, 0.6) is 0 Å². The maximum Gasteiger partial charge on any atom is 0.410 e. The molecule has 1 N–H and O–H groups in total. The van der Waals surface area contributed by atoms with Gasteiger partial charge in [0.2, 0.25) is 5.91 Å². The number of aromatic nitrogens is 1. The van der Waals surface area contributed by atoms with Gasteiger partial charge in [0.05, 0.1) is 13.2 Å². The molecule has 44 heavy (non-hydrogen) atoms. The lowest BCUT2D eigenvalue weighted by Crippen LogP contribution is -2.58. The Morgan fingerprint density at radius 2 is 1.57 bits per heavy atom. The molecular weight excluding hydrogens is 554 g/mol. The smallest absolute Gasteiger partial charge is 0.410 e. The minimum absolute atomic E-state index is 0.00234. The van der Waals surface area contributed by atoms with E-state index in [1.54, 1.807) is 9.80 Å².